The average molecular weight is 707 g/mol. The number of nitrogens with zero attached hydrogens (tertiary/aromatic N) is 6. The predicted molar refractivity (Wildman–Crippen MR) is 191 cm³/mol. The van der Waals surface area contributed by atoms with Gasteiger partial charge in [-0.15, -0.1) is 0 Å². The number of carbonyl (C=O) groups excluding carboxylic acids is 1. The normalized spacial score (nSPS) is 22.5. The Morgan fingerprint density at radius 1 is 1.21 bits per heavy atom. The highest BCUT2D eigenvalue weighted by atomic mass is 35.5. The lowest BCUT2D eigenvalue weighted by atomic mass is 9.94. The molecule has 6 rings (SSSR count). The molecule has 3 unspecified atom stereocenters. The Balaban J connectivity index is 0.000000399. The lowest BCUT2D eigenvalue weighted by molar-refractivity contribution is -0.124. The number of rotatable bonds is 6. The summed E-state index contributed by atoms with van der Waals surface area (Å²) in [4.78, 5) is 32.1. The zero-order chi connectivity index (χ0) is 35.0. The van der Waals surface area contributed by atoms with Gasteiger partial charge in [0.2, 0.25) is 0 Å². The van der Waals surface area contributed by atoms with E-state index in [9.17, 15) is 9.18 Å². The fourth-order valence-electron chi connectivity index (χ4n) is 6.65. The number of nitrogens with two attached hydrogens (primary N) is 1. The maximum Gasteiger partial charge on any atom is 0.318 e. The summed E-state index contributed by atoms with van der Waals surface area (Å²) in [7, 11) is 4.80. The number of fused-ring (bicyclic) bond motifs is 2. The first-order chi connectivity index (χ1) is 23.1. The van der Waals surface area contributed by atoms with Crippen LogP contribution in [0.1, 0.15) is 74.9 Å². The molecule has 0 spiro atoms. The van der Waals surface area contributed by atoms with Crippen molar-refractivity contribution in [2.75, 3.05) is 58.8 Å². The number of likely N-dealkylation sites (N-methyl/N-ethyl adjacent to an activating group) is 1. The molecule has 264 valence electrons. The van der Waals surface area contributed by atoms with E-state index in [4.69, 9.17) is 38.4 Å². The number of alkyl halides is 1. The Bertz CT molecular complexity index is 1480. The van der Waals surface area contributed by atoms with Gasteiger partial charge in [0.1, 0.15) is 17.7 Å². The Morgan fingerprint density at radius 3 is 2.67 bits per heavy atom. The van der Waals surface area contributed by atoms with E-state index in [-0.39, 0.29) is 28.8 Å². The van der Waals surface area contributed by atoms with Gasteiger partial charge < -0.3 is 25.0 Å². The van der Waals surface area contributed by atoms with Gasteiger partial charge in [0, 0.05) is 56.8 Å². The number of ether oxygens (including phenoxy) is 2. The summed E-state index contributed by atoms with van der Waals surface area (Å²) in [5.41, 5.74) is 10.5. The van der Waals surface area contributed by atoms with Crippen LogP contribution < -0.4 is 15.4 Å². The van der Waals surface area contributed by atoms with Crippen molar-refractivity contribution >= 4 is 40.6 Å². The van der Waals surface area contributed by atoms with Crippen LogP contribution in [0, 0.1) is 0 Å². The first kappa shape index (κ1) is 37.8. The van der Waals surface area contributed by atoms with Gasteiger partial charge in [0.05, 0.1) is 42.8 Å². The molecule has 2 saturated heterocycles. The minimum atomic E-state index is -0.518. The van der Waals surface area contributed by atoms with Crippen LogP contribution in [0.25, 0.3) is 0 Å². The van der Waals surface area contributed by atoms with Crippen LogP contribution in [-0.4, -0.2) is 97.5 Å². The number of amides is 1. The topological polar surface area (TPSA) is 109 Å². The third-order valence-corrected chi connectivity index (χ3v) is 9.79. The van der Waals surface area contributed by atoms with Crippen LogP contribution in [-0.2, 0) is 29.0 Å². The number of hydrogen-bond acceptors (Lipinski definition) is 9. The van der Waals surface area contributed by atoms with Crippen molar-refractivity contribution in [3.8, 4) is 6.01 Å². The van der Waals surface area contributed by atoms with E-state index in [1.54, 1.807) is 21.2 Å². The second-order valence-corrected chi connectivity index (χ2v) is 13.1. The van der Waals surface area contributed by atoms with Crippen molar-refractivity contribution < 1.29 is 18.7 Å². The van der Waals surface area contributed by atoms with Gasteiger partial charge in [-0.3, -0.25) is 14.7 Å². The van der Waals surface area contributed by atoms with Crippen LogP contribution in [0.4, 0.5) is 10.2 Å². The van der Waals surface area contributed by atoms with Crippen LogP contribution >= 0.6 is 23.2 Å². The molecular formula is C35H50Cl2FN7O3. The summed E-state index contributed by atoms with van der Waals surface area (Å²) in [6.45, 7) is 9.86. The highest BCUT2D eigenvalue weighted by molar-refractivity contribution is 6.45. The quantitative estimate of drug-likeness (QED) is 0.371. The van der Waals surface area contributed by atoms with E-state index >= 15 is 0 Å². The molecule has 3 atom stereocenters. The van der Waals surface area contributed by atoms with Gasteiger partial charge in [-0.1, -0.05) is 56.1 Å². The molecular weight excluding hydrogens is 656 g/mol. The van der Waals surface area contributed by atoms with E-state index in [2.05, 4.69) is 37.8 Å². The maximum atomic E-state index is 12.6. The number of aliphatic imine (C=N–C) groups is 1. The molecule has 2 N–H and O–H groups in total. The van der Waals surface area contributed by atoms with Crippen molar-refractivity contribution in [3.63, 3.8) is 0 Å². The fourth-order valence-corrected chi connectivity index (χ4v) is 7.17. The summed E-state index contributed by atoms with van der Waals surface area (Å²) in [5, 5.41) is 0.897. The molecule has 0 bridgehead atoms. The third kappa shape index (κ3) is 8.77. The van der Waals surface area contributed by atoms with Gasteiger partial charge in [0.15, 0.2) is 0 Å². The number of hydrogen-bond donors (Lipinski definition) is 1. The van der Waals surface area contributed by atoms with E-state index < -0.39 is 6.17 Å². The monoisotopic (exact) mass is 705 g/mol. The Kier molecular flexibility index (Phi) is 13.9. The Morgan fingerprint density at radius 2 is 1.98 bits per heavy atom. The lowest BCUT2D eigenvalue weighted by Gasteiger charge is -2.31. The van der Waals surface area contributed by atoms with Gasteiger partial charge in [-0.25, -0.2) is 4.39 Å². The van der Waals surface area contributed by atoms with Crippen molar-refractivity contribution in [1.82, 2.24) is 19.8 Å². The highest BCUT2D eigenvalue weighted by Crippen LogP contribution is 2.38. The first-order valence-electron chi connectivity index (χ1n) is 17.0. The predicted octanol–water partition coefficient (Wildman–Crippen LogP) is 5.88. The number of anilines is 1. The molecule has 1 aromatic carbocycles. The number of methoxy groups -OCH3 is 1. The molecule has 48 heavy (non-hydrogen) atoms. The summed E-state index contributed by atoms with van der Waals surface area (Å²) < 4.78 is 24.4. The summed E-state index contributed by atoms with van der Waals surface area (Å²) in [6, 6.07) is 6.80. The van der Waals surface area contributed by atoms with Crippen molar-refractivity contribution in [2.45, 2.75) is 84.2 Å². The lowest BCUT2D eigenvalue weighted by Crippen LogP contribution is -2.35. The largest absolute Gasteiger partial charge is 0.467 e. The zero-order valence-corrected chi connectivity index (χ0v) is 30.6. The molecule has 13 heteroatoms. The molecule has 5 heterocycles. The molecule has 1 aromatic heterocycles. The molecule has 0 saturated carbocycles. The first-order valence-corrected chi connectivity index (χ1v) is 17.7. The smallest absolute Gasteiger partial charge is 0.318 e. The molecule has 0 aliphatic carbocycles. The number of benzene rings is 1. The average Bonchev–Trinajstić information content (AvgIpc) is 3.58. The second kappa shape index (κ2) is 17.6. The highest BCUT2D eigenvalue weighted by Gasteiger charge is 2.35. The molecule has 1 amide bonds. The summed E-state index contributed by atoms with van der Waals surface area (Å²) in [5.74, 6) is 0.343. The molecule has 4 aliphatic rings. The molecule has 2 aromatic rings. The van der Waals surface area contributed by atoms with E-state index in [1.165, 1.54) is 17.7 Å². The van der Waals surface area contributed by atoms with Gasteiger partial charge in [-0.2, -0.15) is 9.97 Å². The van der Waals surface area contributed by atoms with Gasteiger partial charge in [-0.05, 0) is 55.8 Å². The molecule has 4 aliphatic heterocycles. The van der Waals surface area contributed by atoms with Crippen molar-refractivity contribution in [3.05, 3.63) is 56.3 Å². The Labute approximate surface area is 294 Å². The summed E-state index contributed by atoms with van der Waals surface area (Å²) in [6.07, 6.45) is 4.79. The summed E-state index contributed by atoms with van der Waals surface area (Å²) >= 11 is 13.0. The second-order valence-electron chi connectivity index (χ2n) is 12.3. The zero-order valence-electron chi connectivity index (χ0n) is 29.1. The van der Waals surface area contributed by atoms with Crippen molar-refractivity contribution in [1.29, 1.82) is 0 Å². The van der Waals surface area contributed by atoms with Crippen LogP contribution in [0.3, 0.4) is 0 Å². The van der Waals surface area contributed by atoms with E-state index in [0.717, 1.165) is 53.2 Å². The Hall–Kier alpha value is -2.99. The maximum absolute atomic E-state index is 12.6. The van der Waals surface area contributed by atoms with Crippen molar-refractivity contribution in [2.24, 2.45) is 10.7 Å². The van der Waals surface area contributed by atoms with Gasteiger partial charge in [0.25, 0.3) is 5.91 Å². The minimum Gasteiger partial charge on any atom is -0.467 e. The van der Waals surface area contributed by atoms with Crippen LogP contribution in [0.5, 0.6) is 6.01 Å². The fraction of sp³-hybridized carbons (Fsp3) is 0.600. The van der Waals surface area contributed by atoms with E-state index in [1.807, 2.05) is 26.0 Å². The van der Waals surface area contributed by atoms with Gasteiger partial charge >= 0.3 is 6.01 Å². The molecule has 0 radical (unpaired) electrons. The van der Waals surface area contributed by atoms with E-state index in [0.29, 0.717) is 56.8 Å². The number of carbonyl (C=O) groups is 1. The van der Waals surface area contributed by atoms with Crippen LogP contribution in [0.15, 0.2) is 33.9 Å². The minimum absolute atomic E-state index is 0.0333. The molecule has 2 fully saturated rings. The number of aromatic nitrogens is 2. The SMILES string of the molecule is CC.CCc1c(Cl)cccc1C1Cc2nc(OC)nc(N3CCCN=C(/C(Cl)=C(\N)C(=O)N(C)C)C3)c2CO1.FC1CC2CCCN2C1. The molecule has 10 nitrogen and oxygen atoms in total. The number of halogens is 3. The van der Waals surface area contributed by atoms with Crippen LogP contribution in [0.2, 0.25) is 5.02 Å². The third-order valence-electron chi connectivity index (χ3n) is 9.01. The standard InChI is InChI=1S/C26H32Cl2N6O3.C7H12FN.C2H6/c1-5-15-16(8-6-9-18(15)27)21-12-19-17(14-37-21)24(32-26(31-19)36-4)34-11-7-10-30-20(13-34)22(28)23(29)25(35)33(2)3;8-6-4-7-2-1-3-9(7)5-6;1-2/h6,8-9,21H,5,7,10-14,29H2,1-4H3;6-7H,1-5H2;1-2H3/b23-22+;;.